The van der Waals surface area contributed by atoms with E-state index in [1.807, 2.05) is 30.3 Å². The number of hydrogen-bond acceptors (Lipinski definition) is 5. The number of hydrogen-bond donors (Lipinski definition) is 1. The molecular weight excluding hydrogens is 312 g/mol. The van der Waals surface area contributed by atoms with Gasteiger partial charge in [-0.05, 0) is 32.9 Å². The van der Waals surface area contributed by atoms with Crippen molar-refractivity contribution in [1.82, 2.24) is 9.71 Å². The van der Waals surface area contributed by atoms with Crippen LogP contribution in [0.2, 0.25) is 0 Å². The summed E-state index contributed by atoms with van der Waals surface area (Å²) in [7, 11) is -3.55. The number of benzene rings is 1. The third kappa shape index (κ3) is 4.31. The molecule has 2 rings (SSSR count). The quantitative estimate of drug-likeness (QED) is 0.935. The van der Waals surface area contributed by atoms with Crippen LogP contribution in [0.25, 0.3) is 0 Å². The summed E-state index contributed by atoms with van der Waals surface area (Å²) in [5.41, 5.74) is -0.517. The molecule has 0 aliphatic rings. The summed E-state index contributed by atoms with van der Waals surface area (Å²) >= 11 is 2.68. The molecule has 108 valence electrons. The highest BCUT2D eigenvalue weighted by Gasteiger charge is 2.25. The Kier molecular flexibility index (Phi) is 4.53. The Bertz CT molecular complexity index is 673. The summed E-state index contributed by atoms with van der Waals surface area (Å²) < 4.78 is 27.8. The molecule has 2 aromatic rings. The molecule has 0 saturated heterocycles. The minimum Gasteiger partial charge on any atom is -0.231 e. The van der Waals surface area contributed by atoms with Crippen molar-refractivity contribution in [1.29, 1.82) is 0 Å². The van der Waals surface area contributed by atoms with Gasteiger partial charge in [-0.15, -0.1) is 0 Å². The molecule has 0 saturated carbocycles. The predicted molar refractivity (Wildman–Crippen MR) is 82.8 cm³/mol. The zero-order valence-electron chi connectivity index (χ0n) is 11.5. The average Bonchev–Trinajstić information content (AvgIpc) is 2.76. The molecule has 0 amide bonds. The number of rotatable bonds is 4. The van der Waals surface area contributed by atoms with Gasteiger partial charge < -0.3 is 0 Å². The topological polar surface area (TPSA) is 59.1 Å². The van der Waals surface area contributed by atoms with Gasteiger partial charge in [-0.3, -0.25) is 0 Å². The summed E-state index contributed by atoms with van der Waals surface area (Å²) in [4.78, 5) is 5.07. The standard InChI is InChI=1S/C13H16N2O2S3/c1-13(2,3)15-20(16,17)12-14-9-11(19-12)18-10-7-5-4-6-8-10/h4-9,15H,1-3H3. The van der Waals surface area contributed by atoms with Gasteiger partial charge in [-0.1, -0.05) is 41.3 Å². The van der Waals surface area contributed by atoms with Crippen LogP contribution in [0.5, 0.6) is 0 Å². The molecule has 0 radical (unpaired) electrons. The molecule has 1 heterocycles. The van der Waals surface area contributed by atoms with Gasteiger partial charge in [0.15, 0.2) is 0 Å². The van der Waals surface area contributed by atoms with E-state index in [0.29, 0.717) is 0 Å². The van der Waals surface area contributed by atoms with Gasteiger partial charge in [-0.25, -0.2) is 18.1 Å². The van der Waals surface area contributed by atoms with Crippen LogP contribution in [-0.2, 0) is 10.0 Å². The van der Waals surface area contributed by atoms with Gasteiger partial charge >= 0.3 is 0 Å². The maximum atomic E-state index is 12.1. The van der Waals surface area contributed by atoms with E-state index < -0.39 is 15.6 Å². The van der Waals surface area contributed by atoms with Crippen molar-refractivity contribution in [2.24, 2.45) is 0 Å². The second-order valence-corrected chi connectivity index (χ2v) is 9.48. The highest BCUT2D eigenvalue weighted by atomic mass is 32.3. The van der Waals surface area contributed by atoms with Crippen LogP contribution in [0.3, 0.4) is 0 Å². The van der Waals surface area contributed by atoms with Gasteiger partial charge in [0.2, 0.25) is 4.34 Å². The van der Waals surface area contributed by atoms with Crippen molar-refractivity contribution < 1.29 is 8.42 Å². The first-order chi connectivity index (χ1) is 9.26. The highest BCUT2D eigenvalue weighted by Crippen LogP contribution is 2.33. The summed E-state index contributed by atoms with van der Waals surface area (Å²) in [6, 6.07) is 9.79. The molecule has 1 aromatic carbocycles. The molecular formula is C13H16N2O2S3. The molecule has 20 heavy (non-hydrogen) atoms. The van der Waals surface area contributed by atoms with E-state index in [2.05, 4.69) is 9.71 Å². The van der Waals surface area contributed by atoms with Gasteiger partial charge in [0.25, 0.3) is 10.0 Å². The fourth-order valence-electron chi connectivity index (χ4n) is 1.47. The molecule has 7 heteroatoms. The zero-order valence-corrected chi connectivity index (χ0v) is 13.9. The molecule has 0 aliphatic heterocycles. The fourth-order valence-corrected chi connectivity index (χ4v) is 5.25. The van der Waals surface area contributed by atoms with E-state index in [1.165, 1.54) is 23.1 Å². The van der Waals surface area contributed by atoms with E-state index in [-0.39, 0.29) is 4.34 Å². The molecule has 0 aliphatic carbocycles. The number of sulfonamides is 1. The largest absolute Gasteiger partial charge is 0.268 e. The predicted octanol–water partition coefficient (Wildman–Crippen LogP) is 3.37. The molecule has 0 unspecified atom stereocenters. The molecule has 0 bridgehead atoms. The first-order valence-corrected chi connectivity index (χ1v) is 9.11. The van der Waals surface area contributed by atoms with Crippen LogP contribution in [0, 0.1) is 0 Å². The van der Waals surface area contributed by atoms with Gasteiger partial charge in [0, 0.05) is 10.4 Å². The van der Waals surface area contributed by atoms with E-state index in [1.54, 1.807) is 27.0 Å². The van der Waals surface area contributed by atoms with Gasteiger partial charge in [0.1, 0.15) is 0 Å². The SMILES string of the molecule is CC(C)(C)NS(=O)(=O)c1ncc(Sc2ccccc2)s1. The smallest absolute Gasteiger partial charge is 0.231 e. The Balaban J connectivity index is 2.17. The van der Waals surface area contributed by atoms with Crippen molar-refractivity contribution >= 4 is 33.1 Å². The average molecular weight is 328 g/mol. The Morgan fingerprint density at radius 2 is 1.85 bits per heavy atom. The lowest BCUT2D eigenvalue weighted by molar-refractivity contribution is 0.491. The lowest BCUT2D eigenvalue weighted by atomic mass is 10.1. The van der Waals surface area contributed by atoms with Crippen LogP contribution in [0.1, 0.15) is 20.8 Å². The number of aromatic nitrogens is 1. The molecule has 0 spiro atoms. The van der Waals surface area contributed by atoms with E-state index in [4.69, 9.17) is 0 Å². The normalized spacial score (nSPS) is 12.6. The molecule has 1 aromatic heterocycles. The second-order valence-electron chi connectivity index (χ2n) is 5.22. The van der Waals surface area contributed by atoms with Crippen LogP contribution in [0.4, 0.5) is 0 Å². The Labute approximate surface area is 127 Å². The number of nitrogens with zero attached hydrogens (tertiary/aromatic N) is 1. The lowest BCUT2D eigenvalue weighted by Crippen LogP contribution is -2.40. The summed E-state index contributed by atoms with van der Waals surface area (Å²) in [6.45, 7) is 5.41. The zero-order chi connectivity index (χ0) is 14.8. The third-order valence-corrected chi connectivity index (χ3v) is 6.35. The first-order valence-electron chi connectivity index (χ1n) is 5.99. The Hall–Kier alpha value is -0.890. The van der Waals surface area contributed by atoms with Crippen LogP contribution in [0.15, 0.2) is 50.0 Å². The van der Waals surface area contributed by atoms with E-state index >= 15 is 0 Å². The molecule has 1 N–H and O–H groups in total. The lowest BCUT2D eigenvalue weighted by Gasteiger charge is -2.18. The maximum Gasteiger partial charge on any atom is 0.268 e. The fraction of sp³-hybridized carbons (Fsp3) is 0.308. The summed E-state index contributed by atoms with van der Waals surface area (Å²) in [5, 5.41) is 0. The third-order valence-electron chi connectivity index (χ3n) is 2.10. The van der Waals surface area contributed by atoms with Crippen LogP contribution < -0.4 is 4.72 Å². The molecule has 4 nitrogen and oxygen atoms in total. The van der Waals surface area contributed by atoms with E-state index in [0.717, 1.165) is 9.10 Å². The second kappa shape index (κ2) is 5.85. The maximum absolute atomic E-state index is 12.1. The van der Waals surface area contributed by atoms with Crippen LogP contribution >= 0.6 is 23.1 Å². The Morgan fingerprint density at radius 3 is 2.45 bits per heavy atom. The minimum atomic E-state index is -3.55. The van der Waals surface area contributed by atoms with Gasteiger partial charge in [-0.2, -0.15) is 0 Å². The summed E-state index contributed by atoms with van der Waals surface area (Å²) in [5.74, 6) is 0. The van der Waals surface area contributed by atoms with Crippen molar-refractivity contribution in [3.8, 4) is 0 Å². The molecule has 0 atom stereocenters. The van der Waals surface area contributed by atoms with Gasteiger partial charge in [0.05, 0.1) is 10.4 Å². The Morgan fingerprint density at radius 1 is 1.20 bits per heavy atom. The van der Waals surface area contributed by atoms with Crippen molar-refractivity contribution in [3.63, 3.8) is 0 Å². The number of thiazole rings is 1. The molecule has 0 fully saturated rings. The van der Waals surface area contributed by atoms with Crippen LogP contribution in [-0.4, -0.2) is 18.9 Å². The van der Waals surface area contributed by atoms with E-state index in [9.17, 15) is 8.42 Å². The van der Waals surface area contributed by atoms with Crippen molar-refractivity contribution in [3.05, 3.63) is 36.5 Å². The van der Waals surface area contributed by atoms with Crippen molar-refractivity contribution in [2.75, 3.05) is 0 Å². The monoisotopic (exact) mass is 328 g/mol. The van der Waals surface area contributed by atoms with Crippen molar-refractivity contribution in [2.45, 2.75) is 39.8 Å². The highest BCUT2D eigenvalue weighted by molar-refractivity contribution is 8.01. The number of nitrogens with one attached hydrogen (secondary N) is 1. The first kappa shape index (κ1) is 15.5. The minimum absolute atomic E-state index is 0.103. The summed E-state index contributed by atoms with van der Waals surface area (Å²) in [6.07, 6.45) is 1.60.